The van der Waals surface area contributed by atoms with Crippen LogP contribution in [-0.2, 0) is 13.5 Å². The summed E-state index contributed by atoms with van der Waals surface area (Å²) in [5.41, 5.74) is 1.85. The van der Waals surface area contributed by atoms with Gasteiger partial charge < -0.3 is 9.74 Å². The first-order valence-electron chi connectivity index (χ1n) is 10.6. The molecule has 0 radical (unpaired) electrons. The standard InChI is InChI=1S/C26H28BrNO2Si/c1-25(2,3)31(20-12-6-4-7-13-20,21-14-8-5-9-15-21)30-19-18-26(27)22-16-10-11-17-23(22)28-24(26)29/h4-17H,18-19H2,1-3H3,(H,28,29). The third-order valence-electron chi connectivity index (χ3n) is 6.14. The molecule has 0 saturated carbocycles. The second kappa shape index (κ2) is 8.38. The maximum absolute atomic E-state index is 12.8. The van der Waals surface area contributed by atoms with Gasteiger partial charge in [0.15, 0.2) is 0 Å². The SMILES string of the molecule is CC(C)(C)[Si](OCCC1(Br)C(=O)Nc2ccccc21)(c1ccccc1)c1ccccc1. The Balaban J connectivity index is 1.71. The van der Waals surface area contributed by atoms with Gasteiger partial charge >= 0.3 is 0 Å². The highest BCUT2D eigenvalue weighted by molar-refractivity contribution is 9.10. The van der Waals surface area contributed by atoms with E-state index in [4.69, 9.17) is 4.43 Å². The van der Waals surface area contributed by atoms with Crippen LogP contribution in [0.1, 0.15) is 32.8 Å². The molecule has 3 aromatic rings. The van der Waals surface area contributed by atoms with E-state index < -0.39 is 12.6 Å². The number of anilines is 1. The van der Waals surface area contributed by atoms with Gasteiger partial charge in [-0.1, -0.05) is 116 Å². The molecule has 3 aromatic carbocycles. The largest absolute Gasteiger partial charge is 0.407 e. The number of carbonyl (C=O) groups excluding carboxylic acids is 1. The summed E-state index contributed by atoms with van der Waals surface area (Å²) in [5, 5.41) is 5.40. The Morgan fingerprint density at radius 1 is 0.871 bits per heavy atom. The molecule has 0 bridgehead atoms. The zero-order valence-electron chi connectivity index (χ0n) is 18.2. The van der Waals surface area contributed by atoms with Gasteiger partial charge in [0.2, 0.25) is 5.91 Å². The molecule has 160 valence electrons. The Hall–Kier alpha value is -2.21. The fourth-order valence-electron chi connectivity index (χ4n) is 4.64. The first-order valence-corrected chi connectivity index (χ1v) is 13.3. The van der Waals surface area contributed by atoms with E-state index in [0.717, 1.165) is 11.3 Å². The average Bonchev–Trinajstić information content (AvgIpc) is 3.02. The van der Waals surface area contributed by atoms with Crippen LogP contribution in [0.5, 0.6) is 0 Å². The van der Waals surface area contributed by atoms with Crippen molar-refractivity contribution in [3.05, 3.63) is 90.5 Å². The van der Waals surface area contributed by atoms with Crippen molar-refractivity contribution in [1.29, 1.82) is 0 Å². The first-order chi connectivity index (χ1) is 14.8. The summed E-state index contributed by atoms with van der Waals surface area (Å²) >= 11 is 3.76. The molecular formula is C26H28BrNO2Si. The van der Waals surface area contributed by atoms with Crippen LogP contribution in [0, 0.1) is 0 Å². The summed E-state index contributed by atoms with van der Waals surface area (Å²) in [7, 11) is -2.62. The molecule has 1 unspecified atom stereocenters. The zero-order chi connectivity index (χ0) is 22.1. The van der Waals surface area contributed by atoms with E-state index in [-0.39, 0.29) is 10.9 Å². The fraction of sp³-hybridized carbons (Fsp3) is 0.269. The van der Waals surface area contributed by atoms with Crippen LogP contribution in [0.25, 0.3) is 0 Å². The lowest BCUT2D eigenvalue weighted by atomic mass is 9.97. The third kappa shape index (κ3) is 3.79. The second-order valence-electron chi connectivity index (χ2n) is 9.06. The van der Waals surface area contributed by atoms with E-state index in [1.807, 2.05) is 36.4 Å². The predicted octanol–water partition coefficient (Wildman–Crippen LogP) is 5.20. The smallest absolute Gasteiger partial charge is 0.261 e. The minimum absolute atomic E-state index is 0.0280. The number of benzene rings is 3. The Morgan fingerprint density at radius 2 is 1.39 bits per heavy atom. The summed E-state index contributed by atoms with van der Waals surface area (Å²) in [6, 6.07) is 29.0. The van der Waals surface area contributed by atoms with E-state index in [1.54, 1.807) is 0 Å². The van der Waals surface area contributed by atoms with Crippen molar-refractivity contribution in [2.24, 2.45) is 0 Å². The molecule has 0 aliphatic carbocycles. The number of alkyl halides is 1. The van der Waals surface area contributed by atoms with Gasteiger partial charge in [0.1, 0.15) is 4.32 Å². The van der Waals surface area contributed by atoms with Crippen molar-refractivity contribution in [3.8, 4) is 0 Å². The molecule has 0 spiro atoms. The van der Waals surface area contributed by atoms with E-state index in [0.29, 0.717) is 13.0 Å². The number of halogens is 1. The van der Waals surface area contributed by atoms with Crippen LogP contribution in [-0.4, -0.2) is 20.8 Å². The third-order valence-corrected chi connectivity index (χ3v) is 12.4. The molecule has 1 N–H and O–H groups in total. The lowest BCUT2D eigenvalue weighted by molar-refractivity contribution is -0.118. The van der Waals surface area contributed by atoms with Crippen LogP contribution in [0.3, 0.4) is 0 Å². The van der Waals surface area contributed by atoms with Gasteiger partial charge in [0, 0.05) is 17.9 Å². The first kappa shape index (κ1) is 22.0. The van der Waals surface area contributed by atoms with E-state index in [1.165, 1.54) is 10.4 Å². The minimum Gasteiger partial charge on any atom is -0.407 e. The predicted molar refractivity (Wildman–Crippen MR) is 134 cm³/mol. The molecule has 5 heteroatoms. The lowest BCUT2D eigenvalue weighted by Gasteiger charge is -2.43. The summed E-state index contributed by atoms with van der Waals surface area (Å²) in [6.07, 6.45) is 0.556. The molecule has 0 aromatic heterocycles. The highest BCUT2D eigenvalue weighted by Crippen LogP contribution is 2.45. The average molecular weight is 495 g/mol. The Bertz CT molecular complexity index is 1030. The topological polar surface area (TPSA) is 38.3 Å². The van der Waals surface area contributed by atoms with Crippen LogP contribution in [0.2, 0.25) is 5.04 Å². The van der Waals surface area contributed by atoms with Gasteiger partial charge in [0.05, 0.1) is 0 Å². The number of hydrogen-bond donors (Lipinski definition) is 1. The Kier molecular flexibility index (Phi) is 5.94. The maximum atomic E-state index is 12.8. The van der Waals surface area contributed by atoms with Crippen LogP contribution < -0.4 is 15.7 Å². The van der Waals surface area contributed by atoms with Crippen molar-refractivity contribution in [2.45, 2.75) is 36.6 Å². The molecular weight excluding hydrogens is 466 g/mol. The van der Waals surface area contributed by atoms with Crippen molar-refractivity contribution < 1.29 is 9.22 Å². The van der Waals surface area contributed by atoms with Gasteiger partial charge in [-0.2, -0.15) is 0 Å². The summed E-state index contributed by atoms with van der Waals surface area (Å²) in [4.78, 5) is 12.8. The number of rotatable bonds is 6. The summed E-state index contributed by atoms with van der Waals surface area (Å²) in [5.74, 6) is -0.0280. The number of amides is 1. The zero-order valence-corrected chi connectivity index (χ0v) is 20.8. The Labute approximate surface area is 194 Å². The summed E-state index contributed by atoms with van der Waals surface area (Å²) in [6.45, 7) is 7.27. The number of nitrogens with one attached hydrogen (secondary N) is 1. The van der Waals surface area contributed by atoms with Crippen molar-refractivity contribution >= 4 is 46.2 Å². The second-order valence-corrected chi connectivity index (χ2v) is 14.7. The number of carbonyl (C=O) groups is 1. The number of para-hydroxylation sites is 1. The quantitative estimate of drug-likeness (QED) is 0.378. The van der Waals surface area contributed by atoms with Gasteiger partial charge in [-0.25, -0.2) is 0 Å². The molecule has 1 atom stereocenters. The Morgan fingerprint density at radius 3 is 1.94 bits per heavy atom. The molecule has 1 aliphatic heterocycles. The van der Waals surface area contributed by atoms with E-state index in [2.05, 4.69) is 90.5 Å². The highest BCUT2D eigenvalue weighted by atomic mass is 79.9. The van der Waals surface area contributed by atoms with Crippen LogP contribution in [0.4, 0.5) is 5.69 Å². The molecule has 1 heterocycles. The molecule has 1 amide bonds. The fourth-order valence-corrected chi connectivity index (χ4v) is 9.81. The van der Waals surface area contributed by atoms with E-state index >= 15 is 0 Å². The minimum atomic E-state index is -2.62. The highest BCUT2D eigenvalue weighted by Gasteiger charge is 2.51. The molecule has 0 saturated heterocycles. The maximum Gasteiger partial charge on any atom is 0.261 e. The van der Waals surface area contributed by atoms with Crippen LogP contribution >= 0.6 is 15.9 Å². The number of fused-ring (bicyclic) bond motifs is 1. The van der Waals surface area contributed by atoms with Crippen molar-refractivity contribution in [3.63, 3.8) is 0 Å². The number of hydrogen-bond acceptors (Lipinski definition) is 2. The van der Waals surface area contributed by atoms with Crippen molar-refractivity contribution in [1.82, 2.24) is 0 Å². The van der Waals surface area contributed by atoms with Crippen molar-refractivity contribution in [2.75, 3.05) is 11.9 Å². The summed E-state index contributed by atoms with van der Waals surface area (Å²) < 4.78 is 6.22. The van der Waals surface area contributed by atoms with Gasteiger partial charge in [-0.05, 0) is 27.9 Å². The molecule has 3 nitrogen and oxygen atoms in total. The molecule has 4 rings (SSSR count). The lowest BCUT2D eigenvalue weighted by Crippen LogP contribution is -2.66. The molecule has 1 aliphatic rings. The van der Waals surface area contributed by atoms with Gasteiger partial charge in [0.25, 0.3) is 8.32 Å². The van der Waals surface area contributed by atoms with Gasteiger partial charge in [-0.3, -0.25) is 4.79 Å². The monoisotopic (exact) mass is 493 g/mol. The normalized spacial score (nSPS) is 18.5. The molecule has 0 fully saturated rings. The van der Waals surface area contributed by atoms with Crippen LogP contribution in [0.15, 0.2) is 84.9 Å². The van der Waals surface area contributed by atoms with E-state index in [9.17, 15) is 4.79 Å². The van der Waals surface area contributed by atoms with Gasteiger partial charge in [-0.15, -0.1) is 0 Å². The molecule has 31 heavy (non-hydrogen) atoms.